The molecule has 0 amide bonds. The summed E-state index contributed by atoms with van der Waals surface area (Å²) in [6.45, 7) is 7.80. The molecule has 2 aromatic rings. The molecule has 2 aromatic heterocycles. The second kappa shape index (κ2) is 8.72. The highest BCUT2D eigenvalue weighted by molar-refractivity contribution is 5.15. The van der Waals surface area contributed by atoms with E-state index in [9.17, 15) is 0 Å². The number of nitrogens with one attached hydrogen (secondary N) is 1. The van der Waals surface area contributed by atoms with Gasteiger partial charge in [-0.1, -0.05) is 26.7 Å². The maximum Gasteiger partial charge on any atom is 0.181 e. The largest absolute Gasteiger partial charge is 0.348 e. The van der Waals surface area contributed by atoms with Gasteiger partial charge in [-0.15, -0.1) is 0 Å². The summed E-state index contributed by atoms with van der Waals surface area (Å²) < 4.78 is 2.55. The zero-order valence-corrected chi connectivity index (χ0v) is 14.4. The highest BCUT2D eigenvalue weighted by atomic mass is 15.0. The van der Waals surface area contributed by atoms with Crippen LogP contribution in [0.5, 0.6) is 0 Å². The number of hydrogen-bond donors (Lipinski definition) is 1. The maximum absolute atomic E-state index is 4.13. The lowest BCUT2D eigenvalue weighted by molar-refractivity contribution is -0.711. The van der Waals surface area contributed by atoms with E-state index >= 15 is 0 Å². The van der Waals surface area contributed by atoms with Crippen molar-refractivity contribution in [1.29, 1.82) is 0 Å². The first-order valence-electron chi connectivity index (χ1n) is 8.74. The minimum Gasteiger partial charge on any atom is -0.348 e. The second-order valence-corrected chi connectivity index (χ2v) is 6.20. The predicted octanol–water partition coefficient (Wildman–Crippen LogP) is 3.93. The molecule has 0 aliphatic rings. The number of unbranched alkanes of at least 4 members (excludes halogenated alkanes) is 2. The van der Waals surface area contributed by atoms with E-state index in [4.69, 9.17) is 0 Å². The van der Waals surface area contributed by atoms with Crippen LogP contribution in [0.3, 0.4) is 0 Å². The molecule has 0 aromatic carbocycles. The molecule has 0 atom stereocenters. The van der Waals surface area contributed by atoms with E-state index in [2.05, 4.69) is 47.4 Å². The number of aryl methyl sites for hydroxylation is 4. The molecule has 0 radical (unpaired) electrons. The van der Waals surface area contributed by atoms with E-state index < -0.39 is 0 Å². The third-order valence-electron chi connectivity index (χ3n) is 4.21. The van der Waals surface area contributed by atoms with Gasteiger partial charge in [0, 0.05) is 43.3 Å². The van der Waals surface area contributed by atoms with Crippen LogP contribution in [0.2, 0.25) is 0 Å². The highest BCUT2D eigenvalue weighted by Gasteiger charge is 2.17. The Labute approximate surface area is 134 Å². The van der Waals surface area contributed by atoms with Crippen LogP contribution < -0.4 is 4.57 Å². The molecule has 0 unspecified atom stereocenters. The van der Waals surface area contributed by atoms with Crippen molar-refractivity contribution in [2.24, 2.45) is 0 Å². The van der Waals surface area contributed by atoms with Gasteiger partial charge in [0.2, 0.25) is 0 Å². The van der Waals surface area contributed by atoms with Crippen molar-refractivity contribution in [2.75, 3.05) is 0 Å². The average molecular weight is 300 g/mol. The summed E-state index contributed by atoms with van der Waals surface area (Å²) in [5.74, 6) is 0. The van der Waals surface area contributed by atoms with Crippen molar-refractivity contribution in [1.82, 2.24) is 9.97 Å². The van der Waals surface area contributed by atoms with Gasteiger partial charge in [-0.3, -0.25) is 0 Å². The zero-order valence-electron chi connectivity index (χ0n) is 14.4. The van der Waals surface area contributed by atoms with Gasteiger partial charge in [0.25, 0.3) is 0 Å². The van der Waals surface area contributed by atoms with Crippen LogP contribution in [0.15, 0.2) is 24.7 Å². The second-order valence-electron chi connectivity index (χ2n) is 6.20. The van der Waals surface area contributed by atoms with Gasteiger partial charge >= 0.3 is 0 Å². The third-order valence-corrected chi connectivity index (χ3v) is 4.21. The highest BCUT2D eigenvalue weighted by Crippen LogP contribution is 2.10. The van der Waals surface area contributed by atoms with E-state index in [0.29, 0.717) is 0 Å². The van der Waals surface area contributed by atoms with Gasteiger partial charge in [-0.25, -0.2) is 4.98 Å². The Bertz CT molecular complexity index is 529. The number of nitrogens with zero attached hydrogens (tertiary/aromatic N) is 2. The molecule has 0 aliphatic heterocycles. The lowest BCUT2D eigenvalue weighted by Gasteiger charge is -2.10. The molecule has 0 saturated carbocycles. The monoisotopic (exact) mass is 300 g/mol. The lowest BCUT2D eigenvalue weighted by atomic mass is 10.1. The van der Waals surface area contributed by atoms with E-state index in [1.807, 2.05) is 6.20 Å². The molecule has 0 fully saturated rings. The van der Waals surface area contributed by atoms with Gasteiger partial charge in [0.05, 0.1) is 6.33 Å². The molecule has 2 heterocycles. The van der Waals surface area contributed by atoms with Crippen molar-refractivity contribution in [2.45, 2.75) is 72.3 Å². The Hall–Kier alpha value is -1.64. The normalized spacial score (nSPS) is 11.0. The van der Waals surface area contributed by atoms with Crippen molar-refractivity contribution < 1.29 is 4.57 Å². The molecular weight excluding hydrogens is 270 g/mol. The van der Waals surface area contributed by atoms with Gasteiger partial charge in [-0.2, -0.15) is 4.57 Å². The minimum atomic E-state index is 1.02. The quantitative estimate of drug-likeness (QED) is 0.699. The Morgan fingerprint density at radius 3 is 2.14 bits per heavy atom. The molecule has 2 rings (SSSR count). The molecule has 1 N–H and O–H groups in total. The summed E-state index contributed by atoms with van der Waals surface area (Å²) in [4.78, 5) is 7.35. The van der Waals surface area contributed by atoms with Crippen LogP contribution >= 0.6 is 0 Å². The molecule has 0 spiro atoms. The van der Waals surface area contributed by atoms with Crippen molar-refractivity contribution in [3.05, 3.63) is 47.3 Å². The Balaban J connectivity index is 2.23. The minimum absolute atomic E-state index is 1.02. The fourth-order valence-corrected chi connectivity index (χ4v) is 2.98. The molecule has 3 heteroatoms. The summed E-state index contributed by atoms with van der Waals surface area (Å²) in [6.07, 6.45) is 12.1. The van der Waals surface area contributed by atoms with Crippen molar-refractivity contribution >= 4 is 0 Å². The fraction of sp³-hybridized carbons (Fsp3) is 0.579. The summed E-state index contributed by atoms with van der Waals surface area (Å²) in [6, 6.07) is 4.75. The molecule has 3 nitrogen and oxygen atoms in total. The fourth-order valence-electron chi connectivity index (χ4n) is 2.98. The first kappa shape index (κ1) is 16.7. The number of H-pyrrole nitrogens is 1. The maximum atomic E-state index is 4.13. The summed E-state index contributed by atoms with van der Waals surface area (Å²) in [5, 5.41) is 0. The number of rotatable bonds is 9. The van der Waals surface area contributed by atoms with Crippen LogP contribution in [0.25, 0.3) is 0 Å². The van der Waals surface area contributed by atoms with Crippen LogP contribution in [-0.2, 0) is 25.8 Å². The van der Waals surface area contributed by atoms with Crippen LogP contribution in [0.4, 0.5) is 0 Å². The summed E-state index contributed by atoms with van der Waals surface area (Å²) >= 11 is 0. The SMILES string of the molecule is CCCCc1cc(C)cc(CCCC)[n+]1CCc1cnc[nH]1. The Kier molecular flexibility index (Phi) is 6.63. The number of aromatic nitrogens is 3. The first-order valence-corrected chi connectivity index (χ1v) is 8.74. The van der Waals surface area contributed by atoms with E-state index in [1.54, 1.807) is 6.33 Å². The topological polar surface area (TPSA) is 32.6 Å². The Morgan fingerprint density at radius 1 is 1.00 bits per heavy atom. The number of hydrogen-bond acceptors (Lipinski definition) is 1. The molecule has 120 valence electrons. The smallest absolute Gasteiger partial charge is 0.181 e. The van der Waals surface area contributed by atoms with E-state index in [-0.39, 0.29) is 0 Å². The zero-order chi connectivity index (χ0) is 15.8. The molecule has 22 heavy (non-hydrogen) atoms. The van der Waals surface area contributed by atoms with E-state index in [0.717, 1.165) is 13.0 Å². The number of aromatic amines is 1. The van der Waals surface area contributed by atoms with Gasteiger partial charge in [-0.05, 0) is 25.3 Å². The molecule has 0 bridgehead atoms. The third kappa shape index (κ3) is 4.69. The summed E-state index contributed by atoms with van der Waals surface area (Å²) in [7, 11) is 0. The van der Waals surface area contributed by atoms with Crippen LogP contribution in [-0.4, -0.2) is 9.97 Å². The first-order chi connectivity index (χ1) is 10.7. The van der Waals surface area contributed by atoms with Crippen LogP contribution in [0.1, 0.15) is 62.2 Å². The van der Waals surface area contributed by atoms with Gasteiger partial charge < -0.3 is 4.98 Å². The Morgan fingerprint density at radius 2 is 1.64 bits per heavy atom. The molecule has 0 saturated heterocycles. The summed E-state index contributed by atoms with van der Waals surface area (Å²) in [5.41, 5.74) is 5.60. The predicted molar refractivity (Wildman–Crippen MR) is 90.9 cm³/mol. The van der Waals surface area contributed by atoms with Gasteiger partial charge in [0.1, 0.15) is 0 Å². The van der Waals surface area contributed by atoms with Crippen molar-refractivity contribution in [3.8, 4) is 0 Å². The number of pyridine rings is 1. The van der Waals surface area contributed by atoms with Gasteiger partial charge in [0.15, 0.2) is 17.9 Å². The number of imidazole rings is 1. The lowest BCUT2D eigenvalue weighted by Crippen LogP contribution is -2.44. The van der Waals surface area contributed by atoms with Crippen molar-refractivity contribution in [3.63, 3.8) is 0 Å². The van der Waals surface area contributed by atoms with Crippen LogP contribution in [0, 0.1) is 6.92 Å². The molecule has 0 aliphatic carbocycles. The van der Waals surface area contributed by atoms with E-state index in [1.165, 1.54) is 61.2 Å². The standard InChI is InChI=1S/C19H30N3/c1-4-6-8-18-12-16(3)13-19(9-7-5-2)22(18)11-10-17-14-20-15-21-17/h12-15H,4-11H2,1-3H3,(H,20,21)/q+1. The average Bonchev–Trinajstić information content (AvgIpc) is 3.02. The molecular formula is C19H30N3+.